The van der Waals surface area contributed by atoms with Crippen molar-refractivity contribution in [2.45, 2.75) is 12.5 Å². The van der Waals surface area contributed by atoms with Crippen molar-refractivity contribution in [2.24, 2.45) is 10.1 Å². The van der Waals surface area contributed by atoms with E-state index >= 15 is 0 Å². The summed E-state index contributed by atoms with van der Waals surface area (Å²) in [5.74, 6) is 0.874. The average molecular weight is 366 g/mol. The van der Waals surface area contributed by atoms with Crippen molar-refractivity contribution in [1.29, 1.82) is 0 Å². The predicted molar refractivity (Wildman–Crippen MR) is 105 cm³/mol. The predicted octanol–water partition coefficient (Wildman–Crippen LogP) is 3.80. The number of methoxy groups -OCH3 is 1. The number of carbonyl (C=O) groups excluding carboxylic acids is 1. The molecule has 0 saturated carbocycles. The van der Waals surface area contributed by atoms with Gasteiger partial charge in [0.1, 0.15) is 5.75 Å². The molecule has 0 aliphatic carbocycles. The molecule has 2 heterocycles. The minimum Gasteiger partial charge on any atom is -0.497 e. The lowest BCUT2D eigenvalue weighted by Crippen LogP contribution is -2.29. The number of anilines is 1. The van der Waals surface area contributed by atoms with E-state index in [4.69, 9.17) is 4.74 Å². The van der Waals surface area contributed by atoms with E-state index in [0.717, 1.165) is 17.3 Å². The number of nitrogens with zero attached hydrogens (tertiary/aromatic N) is 3. The minimum absolute atomic E-state index is 0.0930. The summed E-state index contributed by atoms with van der Waals surface area (Å²) in [4.78, 5) is 17.0. The molecule has 0 saturated heterocycles. The number of fused-ring (bicyclic) bond motifs is 3. The third kappa shape index (κ3) is 3.30. The van der Waals surface area contributed by atoms with E-state index in [1.54, 1.807) is 13.2 Å². The molecular weight excluding hydrogens is 348 g/mol. The fourth-order valence-corrected chi connectivity index (χ4v) is 3.81. The number of nitrogens with one attached hydrogen (secondary N) is 1. The van der Waals surface area contributed by atoms with Crippen molar-refractivity contribution in [3.63, 3.8) is 0 Å². The molecule has 1 N–H and O–H groups in total. The Balaban J connectivity index is 1.44. The van der Waals surface area contributed by atoms with E-state index in [-0.39, 0.29) is 17.7 Å². The third-order valence-corrected chi connectivity index (χ3v) is 5.17. The van der Waals surface area contributed by atoms with E-state index in [2.05, 4.69) is 21.5 Å². The SMILES string of the molecule is COc1cccc(NC(=O)CSC2=Nc3ccccc3C3CC=NN23)c1. The maximum Gasteiger partial charge on any atom is 0.234 e. The van der Waals surface area contributed by atoms with E-state index in [9.17, 15) is 4.79 Å². The zero-order chi connectivity index (χ0) is 17.9. The van der Waals surface area contributed by atoms with E-state index in [1.807, 2.05) is 47.6 Å². The van der Waals surface area contributed by atoms with Crippen molar-refractivity contribution in [2.75, 3.05) is 18.2 Å². The number of para-hydroxylation sites is 1. The summed E-state index contributed by atoms with van der Waals surface area (Å²) in [5, 5.41) is 9.98. The Morgan fingerprint density at radius 3 is 3.08 bits per heavy atom. The number of carbonyl (C=O) groups is 1. The average Bonchev–Trinajstić information content (AvgIpc) is 3.16. The van der Waals surface area contributed by atoms with Crippen molar-refractivity contribution >= 4 is 40.4 Å². The molecule has 7 heteroatoms. The lowest BCUT2D eigenvalue weighted by molar-refractivity contribution is -0.113. The molecule has 2 aliphatic rings. The van der Waals surface area contributed by atoms with Crippen molar-refractivity contribution in [3.8, 4) is 5.75 Å². The smallest absolute Gasteiger partial charge is 0.234 e. The molecule has 6 nitrogen and oxygen atoms in total. The largest absolute Gasteiger partial charge is 0.497 e. The standard InChI is InChI=1S/C19H18N4O2S/c1-25-14-6-4-5-13(11-14)21-18(24)12-26-19-22-16-8-3-2-7-15(16)17-9-10-20-23(17)19/h2-8,10-11,17H,9,12H2,1H3,(H,21,24). The van der Waals surface area contributed by atoms with Crippen LogP contribution in [-0.4, -0.2) is 35.2 Å². The Bertz CT molecular complexity index is 897. The summed E-state index contributed by atoms with van der Waals surface area (Å²) in [6, 6.07) is 15.6. The Morgan fingerprint density at radius 1 is 1.31 bits per heavy atom. The summed E-state index contributed by atoms with van der Waals surface area (Å²) in [6.45, 7) is 0. The van der Waals surface area contributed by atoms with Crippen molar-refractivity contribution in [3.05, 3.63) is 54.1 Å². The monoisotopic (exact) mass is 366 g/mol. The van der Waals surface area contributed by atoms with Gasteiger partial charge in [0.05, 0.1) is 24.6 Å². The van der Waals surface area contributed by atoms with Gasteiger partial charge in [-0.05, 0) is 18.2 Å². The Kier molecular flexibility index (Phi) is 4.62. The van der Waals surface area contributed by atoms with Gasteiger partial charge in [-0.3, -0.25) is 4.79 Å². The molecule has 0 aromatic heterocycles. The molecule has 2 aliphatic heterocycles. The first-order valence-corrected chi connectivity index (χ1v) is 9.29. The maximum absolute atomic E-state index is 12.3. The van der Waals surface area contributed by atoms with Gasteiger partial charge in [0.2, 0.25) is 5.91 Å². The van der Waals surface area contributed by atoms with E-state index in [1.165, 1.54) is 17.3 Å². The zero-order valence-corrected chi connectivity index (χ0v) is 15.1. The van der Waals surface area contributed by atoms with Gasteiger partial charge in [-0.15, -0.1) is 0 Å². The molecule has 132 valence electrons. The maximum atomic E-state index is 12.3. The van der Waals surface area contributed by atoms with Crippen LogP contribution in [0.2, 0.25) is 0 Å². The lowest BCUT2D eigenvalue weighted by Gasteiger charge is -2.29. The molecule has 0 bridgehead atoms. The fourth-order valence-electron chi connectivity index (χ4n) is 3.01. The number of amidine groups is 1. The number of hydrazone groups is 1. The topological polar surface area (TPSA) is 66.3 Å². The zero-order valence-electron chi connectivity index (χ0n) is 14.3. The van der Waals surface area contributed by atoms with Crippen LogP contribution in [0.3, 0.4) is 0 Å². The van der Waals surface area contributed by atoms with Gasteiger partial charge in [0.15, 0.2) is 5.17 Å². The van der Waals surface area contributed by atoms with Crippen LogP contribution in [-0.2, 0) is 4.79 Å². The first-order valence-electron chi connectivity index (χ1n) is 8.30. The normalized spacial score (nSPS) is 17.3. The molecule has 0 fully saturated rings. The summed E-state index contributed by atoms with van der Waals surface area (Å²) >= 11 is 1.39. The van der Waals surface area contributed by atoms with Crippen molar-refractivity contribution in [1.82, 2.24) is 5.01 Å². The molecule has 1 unspecified atom stereocenters. The van der Waals surface area contributed by atoms with Crippen LogP contribution in [0.1, 0.15) is 18.0 Å². The number of benzene rings is 2. The number of aliphatic imine (C=N–C) groups is 1. The van der Waals surface area contributed by atoms with Gasteiger partial charge in [-0.1, -0.05) is 36.0 Å². The summed E-state index contributed by atoms with van der Waals surface area (Å²) in [5.41, 5.74) is 2.84. The van der Waals surface area contributed by atoms with Crippen molar-refractivity contribution < 1.29 is 9.53 Å². The van der Waals surface area contributed by atoms with Crippen LogP contribution in [0, 0.1) is 0 Å². The molecule has 0 radical (unpaired) electrons. The van der Waals surface area contributed by atoms with Crippen LogP contribution in [0.15, 0.2) is 58.6 Å². The Morgan fingerprint density at radius 2 is 2.19 bits per heavy atom. The molecule has 2 aromatic carbocycles. The summed E-state index contributed by atoms with van der Waals surface area (Å²) in [6.07, 6.45) is 2.76. The van der Waals surface area contributed by atoms with Gasteiger partial charge in [0, 0.05) is 30.0 Å². The second-order valence-electron chi connectivity index (χ2n) is 5.92. The number of hydrogen-bond donors (Lipinski definition) is 1. The van der Waals surface area contributed by atoms with Crippen LogP contribution >= 0.6 is 11.8 Å². The quantitative estimate of drug-likeness (QED) is 0.894. The fraction of sp³-hybridized carbons (Fsp3) is 0.211. The Labute approximate surface area is 156 Å². The van der Waals surface area contributed by atoms with E-state index < -0.39 is 0 Å². The molecule has 2 aromatic rings. The molecular formula is C19H18N4O2S. The van der Waals surface area contributed by atoms with Gasteiger partial charge in [-0.25, -0.2) is 10.0 Å². The highest BCUT2D eigenvalue weighted by molar-refractivity contribution is 8.14. The highest BCUT2D eigenvalue weighted by Crippen LogP contribution is 2.40. The first-order chi connectivity index (χ1) is 12.7. The molecule has 26 heavy (non-hydrogen) atoms. The van der Waals surface area contributed by atoms with Gasteiger partial charge in [0.25, 0.3) is 0 Å². The number of thioether (sulfide) groups is 1. The first kappa shape index (κ1) is 16.7. The second kappa shape index (κ2) is 7.21. The van der Waals surface area contributed by atoms with Crippen LogP contribution < -0.4 is 10.1 Å². The van der Waals surface area contributed by atoms with Gasteiger partial charge < -0.3 is 10.1 Å². The molecule has 0 spiro atoms. The van der Waals surface area contributed by atoms with Gasteiger partial charge in [-0.2, -0.15) is 5.10 Å². The second-order valence-corrected chi connectivity index (χ2v) is 6.86. The highest BCUT2D eigenvalue weighted by Gasteiger charge is 2.32. The number of hydrogen-bond acceptors (Lipinski definition) is 6. The highest BCUT2D eigenvalue weighted by atomic mass is 32.2. The van der Waals surface area contributed by atoms with Crippen LogP contribution in [0.25, 0.3) is 0 Å². The molecule has 1 amide bonds. The summed E-state index contributed by atoms with van der Waals surface area (Å²) < 4.78 is 5.17. The van der Waals surface area contributed by atoms with Gasteiger partial charge >= 0.3 is 0 Å². The van der Waals surface area contributed by atoms with Crippen LogP contribution in [0.4, 0.5) is 11.4 Å². The lowest BCUT2D eigenvalue weighted by atomic mass is 10.0. The number of amides is 1. The minimum atomic E-state index is -0.0930. The Hall–Kier alpha value is -2.80. The molecule has 1 atom stereocenters. The van der Waals surface area contributed by atoms with E-state index in [0.29, 0.717) is 11.4 Å². The third-order valence-electron chi connectivity index (χ3n) is 4.22. The summed E-state index contributed by atoms with van der Waals surface area (Å²) in [7, 11) is 1.60. The molecule has 4 rings (SSSR count). The number of rotatable bonds is 4. The number of ether oxygens (including phenoxy) is 1. The van der Waals surface area contributed by atoms with Crippen LogP contribution in [0.5, 0.6) is 5.75 Å².